The van der Waals surface area contributed by atoms with Gasteiger partial charge in [-0.25, -0.2) is 9.37 Å². The Morgan fingerprint density at radius 1 is 0.903 bits per heavy atom. The van der Waals surface area contributed by atoms with Gasteiger partial charge in [-0.2, -0.15) is 0 Å². The van der Waals surface area contributed by atoms with E-state index >= 15 is 0 Å². The number of thioether (sulfide) groups is 1. The zero-order valence-corrected chi connectivity index (χ0v) is 17.8. The molecule has 0 fully saturated rings. The minimum absolute atomic E-state index is 0.309. The SMILES string of the molecule is Cc1ccc2nc(CSc3nnc(-c4ccccc4F)n3Cc3ccccc3)cn2c1. The fourth-order valence-corrected chi connectivity index (χ4v) is 4.33. The van der Waals surface area contributed by atoms with Crippen molar-refractivity contribution in [3.8, 4) is 11.4 Å². The highest BCUT2D eigenvalue weighted by Gasteiger charge is 2.18. The molecule has 0 aliphatic heterocycles. The summed E-state index contributed by atoms with van der Waals surface area (Å²) in [6, 6.07) is 20.8. The van der Waals surface area contributed by atoms with Gasteiger partial charge < -0.3 is 4.40 Å². The molecule has 0 aliphatic carbocycles. The van der Waals surface area contributed by atoms with E-state index in [0.29, 0.717) is 23.7 Å². The van der Waals surface area contributed by atoms with E-state index in [-0.39, 0.29) is 5.82 Å². The van der Waals surface area contributed by atoms with Crippen molar-refractivity contribution < 1.29 is 4.39 Å². The van der Waals surface area contributed by atoms with E-state index in [1.807, 2.05) is 57.6 Å². The lowest BCUT2D eigenvalue weighted by Crippen LogP contribution is -2.05. The van der Waals surface area contributed by atoms with Crippen LogP contribution in [-0.4, -0.2) is 24.1 Å². The Kier molecular flexibility index (Phi) is 5.26. The van der Waals surface area contributed by atoms with Gasteiger partial charge in [0.25, 0.3) is 0 Å². The second kappa shape index (κ2) is 8.35. The second-order valence-electron chi connectivity index (χ2n) is 7.35. The summed E-state index contributed by atoms with van der Waals surface area (Å²) in [6.07, 6.45) is 4.09. The summed E-state index contributed by atoms with van der Waals surface area (Å²) in [5.41, 5.74) is 4.60. The first kappa shape index (κ1) is 19.5. The van der Waals surface area contributed by atoms with E-state index in [9.17, 15) is 4.39 Å². The molecule has 0 saturated heterocycles. The average molecular weight is 430 g/mol. The van der Waals surface area contributed by atoms with Crippen LogP contribution < -0.4 is 0 Å². The van der Waals surface area contributed by atoms with Gasteiger partial charge in [-0.1, -0.05) is 60.3 Å². The average Bonchev–Trinajstić information content (AvgIpc) is 3.36. The molecule has 0 amide bonds. The highest BCUT2D eigenvalue weighted by atomic mass is 32.2. The molecule has 3 heterocycles. The molecule has 0 bridgehead atoms. The van der Waals surface area contributed by atoms with Gasteiger partial charge in [0.15, 0.2) is 11.0 Å². The van der Waals surface area contributed by atoms with Gasteiger partial charge >= 0.3 is 0 Å². The van der Waals surface area contributed by atoms with Gasteiger partial charge in [0, 0.05) is 18.1 Å². The number of pyridine rings is 1. The van der Waals surface area contributed by atoms with Crippen molar-refractivity contribution in [2.75, 3.05) is 0 Å². The van der Waals surface area contributed by atoms with Crippen LogP contribution in [0.4, 0.5) is 4.39 Å². The summed E-state index contributed by atoms with van der Waals surface area (Å²) in [6.45, 7) is 2.62. The molecule has 0 spiro atoms. The third kappa shape index (κ3) is 4.09. The predicted octanol–water partition coefficient (Wildman–Crippen LogP) is 5.38. The molecule has 2 aromatic carbocycles. The Labute approximate surface area is 183 Å². The van der Waals surface area contributed by atoms with Crippen molar-refractivity contribution in [1.82, 2.24) is 24.1 Å². The molecule has 0 aliphatic rings. The number of fused-ring (bicyclic) bond motifs is 1. The first-order valence-electron chi connectivity index (χ1n) is 9.96. The first-order valence-corrected chi connectivity index (χ1v) is 10.9. The molecule has 5 nitrogen and oxygen atoms in total. The Bertz CT molecular complexity index is 1340. The van der Waals surface area contributed by atoms with Gasteiger partial charge in [0.2, 0.25) is 0 Å². The quantitative estimate of drug-likeness (QED) is 0.340. The molecule has 0 atom stereocenters. The van der Waals surface area contributed by atoms with Crippen LogP contribution in [0.2, 0.25) is 0 Å². The van der Waals surface area contributed by atoms with Crippen molar-refractivity contribution in [3.63, 3.8) is 0 Å². The maximum atomic E-state index is 14.5. The monoisotopic (exact) mass is 429 g/mol. The first-order chi connectivity index (χ1) is 15.2. The molecule has 7 heteroatoms. The Hall–Kier alpha value is -3.45. The molecule has 3 aromatic heterocycles. The van der Waals surface area contributed by atoms with Crippen LogP contribution in [0, 0.1) is 12.7 Å². The van der Waals surface area contributed by atoms with Crippen LogP contribution in [0.5, 0.6) is 0 Å². The van der Waals surface area contributed by atoms with Crippen molar-refractivity contribution in [2.24, 2.45) is 0 Å². The summed E-state index contributed by atoms with van der Waals surface area (Å²) in [4.78, 5) is 4.69. The number of rotatable bonds is 6. The van der Waals surface area contributed by atoms with E-state index < -0.39 is 0 Å². The minimum atomic E-state index is -0.309. The second-order valence-corrected chi connectivity index (χ2v) is 8.29. The van der Waals surface area contributed by atoms with Gasteiger partial charge in [0.1, 0.15) is 11.5 Å². The number of nitrogens with zero attached hydrogens (tertiary/aromatic N) is 5. The van der Waals surface area contributed by atoms with E-state index in [1.54, 1.807) is 23.9 Å². The molecular weight excluding hydrogens is 409 g/mol. The van der Waals surface area contributed by atoms with Crippen LogP contribution in [0.3, 0.4) is 0 Å². The maximum Gasteiger partial charge on any atom is 0.192 e. The van der Waals surface area contributed by atoms with E-state index in [0.717, 1.165) is 22.1 Å². The van der Waals surface area contributed by atoms with E-state index in [1.165, 1.54) is 11.6 Å². The van der Waals surface area contributed by atoms with Crippen molar-refractivity contribution in [3.05, 3.63) is 102 Å². The number of hydrogen-bond acceptors (Lipinski definition) is 4. The Morgan fingerprint density at radius 2 is 1.71 bits per heavy atom. The Morgan fingerprint density at radius 3 is 2.55 bits per heavy atom. The third-order valence-electron chi connectivity index (χ3n) is 5.01. The van der Waals surface area contributed by atoms with Crippen LogP contribution in [0.15, 0.2) is 84.3 Å². The highest BCUT2D eigenvalue weighted by Crippen LogP contribution is 2.28. The zero-order valence-electron chi connectivity index (χ0n) is 16.9. The summed E-state index contributed by atoms with van der Waals surface area (Å²) >= 11 is 1.55. The molecular formula is C24H20FN5S. The summed E-state index contributed by atoms with van der Waals surface area (Å²) < 4.78 is 18.5. The summed E-state index contributed by atoms with van der Waals surface area (Å²) in [7, 11) is 0. The lowest BCUT2D eigenvalue weighted by Gasteiger charge is -2.10. The smallest absolute Gasteiger partial charge is 0.192 e. The van der Waals surface area contributed by atoms with Crippen LogP contribution in [-0.2, 0) is 12.3 Å². The highest BCUT2D eigenvalue weighted by molar-refractivity contribution is 7.98. The van der Waals surface area contributed by atoms with Crippen molar-refractivity contribution in [2.45, 2.75) is 24.4 Å². The van der Waals surface area contributed by atoms with Gasteiger partial charge in [-0.15, -0.1) is 10.2 Å². The fraction of sp³-hybridized carbons (Fsp3) is 0.125. The lowest BCUT2D eigenvalue weighted by molar-refractivity contribution is 0.626. The predicted molar refractivity (Wildman–Crippen MR) is 120 cm³/mol. The standard InChI is InChI=1S/C24H20FN5S/c1-17-11-12-22-26-19(15-29(22)13-17)16-31-24-28-27-23(20-9-5-6-10-21(20)25)30(24)14-18-7-3-2-4-8-18/h2-13,15H,14,16H2,1H3. The number of imidazole rings is 1. The molecule has 0 radical (unpaired) electrons. The summed E-state index contributed by atoms with van der Waals surface area (Å²) in [5, 5.41) is 9.46. The number of benzene rings is 2. The minimum Gasteiger partial charge on any atom is -0.307 e. The topological polar surface area (TPSA) is 48.0 Å². The molecule has 154 valence electrons. The van der Waals surface area contributed by atoms with Crippen molar-refractivity contribution in [1.29, 1.82) is 0 Å². The largest absolute Gasteiger partial charge is 0.307 e. The molecule has 5 rings (SSSR count). The molecule has 0 unspecified atom stereocenters. The third-order valence-corrected chi connectivity index (χ3v) is 6.01. The van der Waals surface area contributed by atoms with Crippen LogP contribution in [0.25, 0.3) is 17.0 Å². The number of aryl methyl sites for hydroxylation is 1. The van der Waals surface area contributed by atoms with Crippen LogP contribution in [0.1, 0.15) is 16.8 Å². The van der Waals surface area contributed by atoms with Crippen molar-refractivity contribution >= 4 is 17.4 Å². The number of halogens is 1. The van der Waals surface area contributed by atoms with Gasteiger partial charge in [-0.3, -0.25) is 4.57 Å². The fourth-order valence-electron chi connectivity index (χ4n) is 3.51. The molecule has 0 saturated carbocycles. The molecule has 0 N–H and O–H groups in total. The summed E-state index contributed by atoms with van der Waals surface area (Å²) in [5.74, 6) is 0.858. The van der Waals surface area contributed by atoms with Crippen LogP contribution >= 0.6 is 11.8 Å². The van der Waals surface area contributed by atoms with Gasteiger partial charge in [-0.05, 0) is 36.2 Å². The Balaban J connectivity index is 1.47. The molecule has 31 heavy (non-hydrogen) atoms. The van der Waals surface area contributed by atoms with Gasteiger partial charge in [0.05, 0.1) is 17.8 Å². The number of hydrogen-bond donors (Lipinski definition) is 0. The van der Waals surface area contributed by atoms with E-state index in [2.05, 4.69) is 34.4 Å². The lowest BCUT2D eigenvalue weighted by atomic mass is 10.2. The molecule has 5 aromatic rings. The normalized spacial score (nSPS) is 11.3. The zero-order chi connectivity index (χ0) is 21.2. The van der Waals surface area contributed by atoms with E-state index in [4.69, 9.17) is 0 Å². The number of aromatic nitrogens is 5. The maximum absolute atomic E-state index is 14.5.